The van der Waals surface area contributed by atoms with Crippen molar-refractivity contribution in [1.82, 2.24) is 0 Å². The van der Waals surface area contributed by atoms with Crippen LogP contribution in [0.2, 0.25) is 0 Å². The molecule has 0 fully saturated rings. The third-order valence-electron chi connectivity index (χ3n) is 4.75. The highest BCUT2D eigenvalue weighted by atomic mass is 16.5. The second kappa shape index (κ2) is 11.5. The topological polar surface area (TPSA) is 44.8 Å². The van der Waals surface area contributed by atoms with Gasteiger partial charge in [-0.15, -0.1) is 5.92 Å². The summed E-state index contributed by atoms with van der Waals surface area (Å²) in [5.41, 5.74) is 2.08. The SMILES string of the molecule is CC#CC(CCC(=O)OC)c1ccc(OCc2cccc(Oc3ccccc3)c2)cc1. The molecule has 158 valence electrons. The van der Waals surface area contributed by atoms with Crippen LogP contribution >= 0.6 is 0 Å². The van der Waals surface area contributed by atoms with Gasteiger partial charge >= 0.3 is 5.97 Å². The largest absolute Gasteiger partial charge is 0.489 e. The van der Waals surface area contributed by atoms with Crippen molar-refractivity contribution in [3.05, 3.63) is 90.0 Å². The number of carbonyl (C=O) groups excluding carboxylic acids is 1. The first kappa shape index (κ1) is 22.0. The van der Waals surface area contributed by atoms with Crippen LogP contribution in [0, 0.1) is 11.8 Å². The van der Waals surface area contributed by atoms with Crippen LogP contribution in [0.1, 0.15) is 36.8 Å². The Morgan fingerprint density at radius 1 is 0.903 bits per heavy atom. The molecule has 0 bridgehead atoms. The molecule has 3 aromatic rings. The molecule has 0 heterocycles. The Morgan fingerprint density at radius 3 is 2.35 bits per heavy atom. The minimum atomic E-state index is -0.221. The van der Waals surface area contributed by atoms with Crippen molar-refractivity contribution in [1.29, 1.82) is 0 Å². The number of para-hydroxylation sites is 1. The smallest absolute Gasteiger partial charge is 0.305 e. The molecule has 0 saturated carbocycles. The molecule has 1 atom stereocenters. The fourth-order valence-corrected chi connectivity index (χ4v) is 3.15. The van der Waals surface area contributed by atoms with E-state index in [4.69, 9.17) is 14.2 Å². The van der Waals surface area contributed by atoms with Crippen LogP contribution in [-0.4, -0.2) is 13.1 Å². The quantitative estimate of drug-likeness (QED) is 0.313. The van der Waals surface area contributed by atoms with E-state index in [0.717, 1.165) is 28.4 Å². The molecule has 4 nitrogen and oxygen atoms in total. The lowest BCUT2D eigenvalue weighted by Crippen LogP contribution is -2.04. The average Bonchev–Trinajstić information content (AvgIpc) is 2.81. The second-order valence-electron chi connectivity index (χ2n) is 6.98. The summed E-state index contributed by atoms with van der Waals surface area (Å²) in [6.07, 6.45) is 0.970. The summed E-state index contributed by atoms with van der Waals surface area (Å²) in [6.45, 7) is 2.24. The van der Waals surface area contributed by atoms with Gasteiger partial charge in [0.25, 0.3) is 0 Å². The van der Waals surface area contributed by atoms with Gasteiger partial charge in [0, 0.05) is 12.3 Å². The molecule has 3 rings (SSSR count). The van der Waals surface area contributed by atoms with Gasteiger partial charge in [0.1, 0.15) is 23.9 Å². The summed E-state index contributed by atoms with van der Waals surface area (Å²) in [5.74, 6) is 8.23. The highest BCUT2D eigenvalue weighted by Crippen LogP contribution is 2.25. The molecule has 0 amide bonds. The molecule has 0 aromatic heterocycles. The fraction of sp³-hybridized carbons (Fsp3) is 0.222. The molecular formula is C27H26O4. The van der Waals surface area contributed by atoms with Crippen LogP contribution < -0.4 is 9.47 Å². The molecule has 0 aliphatic heterocycles. The lowest BCUT2D eigenvalue weighted by atomic mass is 9.94. The van der Waals surface area contributed by atoms with E-state index >= 15 is 0 Å². The minimum absolute atomic E-state index is 0.00929. The van der Waals surface area contributed by atoms with E-state index in [1.54, 1.807) is 6.92 Å². The molecule has 0 spiro atoms. The number of hydrogen-bond donors (Lipinski definition) is 0. The molecule has 0 saturated heterocycles. The first-order valence-electron chi connectivity index (χ1n) is 10.2. The zero-order valence-electron chi connectivity index (χ0n) is 17.8. The van der Waals surface area contributed by atoms with Crippen molar-refractivity contribution in [2.24, 2.45) is 0 Å². The van der Waals surface area contributed by atoms with Gasteiger partial charge in [-0.05, 0) is 60.9 Å². The van der Waals surface area contributed by atoms with E-state index in [9.17, 15) is 4.79 Å². The third-order valence-corrected chi connectivity index (χ3v) is 4.75. The van der Waals surface area contributed by atoms with Gasteiger partial charge in [-0.2, -0.15) is 0 Å². The molecule has 4 heteroatoms. The van der Waals surface area contributed by atoms with Crippen LogP contribution in [0.25, 0.3) is 0 Å². The standard InChI is InChI=1S/C27H26O4/c1-3-8-22(15-18-27(28)29-2)23-13-16-24(17-14-23)30-20-21-9-7-12-26(19-21)31-25-10-5-4-6-11-25/h4-7,9-14,16-17,19,22H,15,18,20H2,1-2H3. The molecule has 31 heavy (non-hydrogen) atoms. The predicted octanol–water partition coefficient (Wildman–Crippen LogP) is 6.12. The molecule has 1 unspecified atom stereocenters. The van der Waals surface area contributed by atoms with Crippen molar-refractivity contribution in [3.8, 4) is 29.1 Å². The maximum absolute atomic E-state index is 11.5. The highest BCUT2D eigenvalue weighted by molar-refractivity contribution is 5.69. The minimum Gasteiger partial charge on any atom is -0.489 e. The summed E-state index contributed by atoms with van der Waals surface area (Å²) >= 11 is 0. The number of esters is 1. The Morgan fingerprint density at radius 2 is 1.65 bits per heavy atom. The van der Waals surface area contributed by atoms with Gasteiger partial charge < -0.3 is 14.2 Å². The Labute approximate surface area is 183 Å². The predicted molar refractivity (Wildman–Crippen MR) is 121 cm³/mol. The van der Waals surface area contributed by atoms with Crippen molar-refractivity contribution < 1.29 is 19.0 Å². The van der Waals surface area contributed by atoms with Gasteiger partial charge in [-0.1, -0.05) is 48.4 Å². The summed E-state index contributed by atoms with van der Waals surface area (Å²) in [6, 6.07) is 25.4. The zero-order chi connectivity index (χ0) is 21.9. The van der Waals surface area contributed by atoms with Crippen molar-refractivity contribution in [3.63, 3.8) is 0 Å². The molecule has 0 aliphatic carbocycles. The third kappa shape index (κ3) is 6.94. The number of benzene rings is 3. The van der Waals surface area contributed by atoms with Crippen LogP contribution in [-0.2, 0) is 16.1 Å². The van der Waals surface area contributed by atoms with Crippen molar-refractivity contribution in [2.75, 3.05) is 7.11 Å². The normalized spacial score (nSPS) is 11.0. The maximum Gasteiger partial charge on any atom is 0.305 e. The average molecular weight is 415 g/mol. The lowest BCUT2D eigenvalue weighted by molar-refractivity contribution is -0.140. The number of ether oxygens (including phenoxy) is 3. The Balaban J connectivity index is 1.59. The second-order valence-corrected chi connectivity index (χ2v) is 6.98. The molecule has 0 N–H and O–H groups in total. The Hall–Kier alpha value is -3.71. The number of rotatable bonds is 9. The van der Waals surface area contributed by atoms with E-state index in [2.05, 4.69) is 11.8 Å². The summed E-state index contributed by atoms with van der Waals surface area (Å²) in [7, 11) is 1.40. The monoisotopic (exact) mass is 414 g/mol. The van der Waals surface area contributed by atoms with Gasteiger partial charge in [0.2, 0.25) is 0 Å². The fourth-order valence-electron chi connectivity index (χ4n) is 3.15. The van der Waals surface area contributed by atoms with Gasteiger partial charge in [0.15, 0.2) is 0 Å². The number of carbonyl (C=O) groups is 1. The lowest BCUT2D eigenvalue weighted by Gasteiger charge is -2.12. The van der Waals surface area contributed by atoms with Gasteiger partial charge in [0.05, 0.1) is 7.11 Å². The van der Waals surface area contributed by atoms with E-state index < -0.39 is 0 Å². The highest BCUT2D eigenvalue weighted by Gasteiger charge is 2.12. The molecular weight excluding hydrogens is 388 g/mol. The van der Waals surface area contributed by atoms with Crippen LogP contribution in [0.15, 0.2) is 78.9 Å². The Kier molecular flexibility index (Phi) is 8.13. The van der Waals surface area contributed by atoms with Crippen LogP contribution in [0.3, 0.4) is 0 Å². The van der Waals surface area contributed by atoms with E-state index in [0.29, 0.717) is 19.4 Å². The zero-order valence-corrected chi connectivity index (χ0v) is 17.8. The van der Waals surface area contributed by atoms with Gasteiger partial charge in [-0.25, -0.2) is 0 Å². The molecule has 0 aliphatic rings. The number of methoxy groups -OCH3 is 1. The van der Waals surface area contributed by atoms with E-state index in [1.165, 1.54) is 7.11 Å². The first-order valence-corrected chi connectivity index (χ1v) is 10.2. The summed E-state index contributed by atoms with van der Waals surface area (Å²) < 4.78 is 16.6. The Bertz CT molecular complexity index is 1030. The first-order chi connectivity index (χ1) is 15.2. The van der Waals surface area contributed by atoms with Crippen molar-refractivity contribution in [2.45, 2.75) is 32.3 Å². The van der Waals surface area contributed by atoms with Gasteiger partial charge in [-0.3, -0.25) is 4.79 Å². The summed E-state index contributed by atoms with van der Waals surface area (Å²) in [5, 5.41) is 0. The summed E-state index contributed by atoms with van der Waals surface area (Å²) in [4.78, 5) is 11.5. The van der Waals surface area contributed by atoms with E-state index in [1.807, 2.05) is 78.9 Å². The van der Waals surface area contributed by atoms with Crippen molar-refractivity contribution >= 4 is 5.97 Å². The maximum atomic E-state index is 11.5. The number of hydrogen-bond acceptors (Lipinski definition) is 4. The van der Waals surface area contributed by atoms with Crippen LogP contribution in [0.4, 0.5) is 0 Å². The molecule has 0 radical (unpaired) electrons. The van der Waals surface area contributed by atoms with Crippen LogP contribution in [0.5, 0.6) is 17.2 Å². The van der Waals surface area contributed by atoms with E-state index in [-0.39, 0.29) is 11.9 Å². The molecule has 3 aromatic carbocycles.